The van der Waals surface area contributed by atoms with Gasteiger partial charge in [-0.15, -0.1) is 10.2 Å². The lowest BCUT2D eigenvalue weighted by Crippen LogP contribution is -2.08. The highest BCUT2D eigenvalue weighted by molar-refractivity contribution is 4.82. The number of alkyl halides is 2. The molecule has 4 nitrogen and oxygen atoms in total. The van der Waals surface area contributed by atoms with E-state index < -0.39 is 12.3 Å². The summed E-state index contributed by atoms with van der Waals surface area (Å²) in [6, 6.07) is 0. The van der Waals surface area contributed by atoms with Gasteiger partial charge < -0.3 is 9.73 Å². The fourth-order valence-corrected chi connectivity index (χ4v) is 0.872. The molecular formula is C7H11F2N3O. The molecule has 0 radical (unpaired) electrons. The zero-order valence-corrected chi connectivity index (χ0v) is 7.26. The number of aromatic nitrogens is 2. The predicted octanol–water partition coefficient (Wildman–Crippen LogP) is 1.16. The Kier molecular flexibility index (Phi) is 3.75. The molecule has 0 atom stereocenters. The van der Waals surface area contributed by atoms with Crippen LogP contribution >= 0.6 is 0 Å². The lowest BCUT2D eigenvalue weighted by molar-refractivity contribution is 0.113. The summed E-state index contributed by atoms with van der Waals surface area (Å²) in [5.41, 5.74) is 0. The highest BCUT2D eigenvalue weighted by Gasteiger charge is 2.15. The quantitative estimate of drug-likeness (QED) is 0.709. The molecule has 0 amide bonds. The van der Waals surface area contributed by atoms with Crippen molar-refractivity contribution < 1.29 is 13.2 Å². The SMILES string of the molecule is CNCCCc1nnc(C(F)F)o1. The van der Waals surface area contributed by atoms with Crippen molar-refractivity contribution in [2.75, 3.05) is 13.6 Å². The first-order valence-corrected chi connectivity index (χ1v) is 3.99. The summed E-state index contributed by atoms with van der Waals surface area (Å²) in [5.74, 6) is -0.329. The Bertz CT molecular complexity index is 252. The van der Waals surface area contributed by atoms with Gasteiger partial charge in [0.05, 0.1) is 0 Å². The minimum Gasteiger partial charge on any atom is -0.420 e. The maximum absolute atomic E-state index is 12.0. The summed E-state index contributed by atoms with van der Waals surface area (Å²) in [7, 11) is 1.82. The van der Waals surface area contributed by atoms with Crippen molar-refractivity contribution in [1.82, 2.24) is 15.5 Å². The van der Waals surface area contributed by atoms with Gasteiger partial charge in [0.2, 0.25) is 5.89 Å². The molecule has 0 aliphatic heterocycles. The van der Waals surface area contributed by atoms with Crippen LogP contribution in [0.3, 0.4) is 0 Å². The minimum absolute atomic E-state index is 0.269. The zero-order chi connectivity index (χ0) is 9.68. The van der Waals surface area contributed by atoms with Crippen LogP contribution in [0.4, 0.5) is 8.78 Å². The number of halogens is 2. The van der Waals surface area contributed by atoms with Crippen LogP contribution in [0.5, 0.6) is 0 Å². The van der Waals surface area contributed by atoms with Gasteiger partial charge in [0.1, 0.15) is 0 Å². The molecule has 1 rings (SSSR count). The Balaban J connectivity index is 2.40. The van der Waals surface area contributed by atoms with E-state index in [4.69, 9.17) is 4.42 Å². The largest absolute Gasteiger partial charge is 0.420 e. The number of hydrogen-bond donors (Lipinski definition) is 1. The van der Waals surface area contributed by atoms with Crippen molar-refractivity contribution in [3.8, 4) is 0 Å². The van der Waals surface area contributed by atoms with Crippen molar-refractivity contribution in [2.24, 2.45) is 0 Å². The molecule has 0 saturated carbocycles. The molecule has 6 heteroatoms. The smallest absolute Gasteiger partial charge is 0.314 e. The van der Waals surface area contributed by atoms with E-state index in [1.807, 2.05) is 7.05 Å². The fourth-order valence-electron chi connectivity index (χ4n) is 0.872. The molecule has 1 N–H and O–H groups in total. The number of hydrogen-bond acceptors (Lipinski definition) is 4. The van der Waals surface area contributed by atoms with Crippen LogP contribution in [0.25, 0.3) is 0 Å². The lowest BCUT2D eigenvalue weighted by atomic mass is 10.3. The molecule has 0 fully saturated rings. The molecule has 0 aliphatic rings. The fraction of sp³-hybridized carbons (Fsp3) is 0.714. The van der Waals surface area contributed by atoms with Gasteiger partial charge in [-0.3, -0.25) is 0 Å². The first kappa shape index (κ1) is 10.0. The number of aryl methyl sites for hydroxylation is 1. The standard InChI is InChI=1S/C7H11F2N3O/c1-10-4-2-3-5-11-12-7(13-5)6(8)9/h6,10H,2-4H2,1H3. The van der Waals surface area contributed by atoms with E-state index in [2.05, 4.69) is 15.5 Å². The predicted molar refractivity (Wildman–Crippen MR) is 41.5 cm³/mol. The summed E-state index contributed by atoms with van der Waals surface area (Å²) in [4.78, 5) is 0. The average molecular weight is 191 g/mol. The van der Waals surface area contributed by atoms with Crippen molar-refractivity contribution >= 4 is 0 Å². The van der Waals surface area contributed by atoms with Crippen LogP contribution in [-0.4, -0.2) is 23.8 Å². The van der Waals surface area contributed by atoms with Gasteiger partial charge in [-0.1, -0.05) is 0 Å². The number of nitrogens with zero attached hydrogens (tertiary/aromatic N) is 2. The Morgan fingerprint density at radius 1 is 1.46 bits per heavy atom. The van der Waals surface area contributed by atoms with Crippen molar-refractivity contribution in [3.63, 3.8) is 0 Å². The highest BCUT2D eigenvalue weighted by atomic mass is 19.3. The van der Waals surface area contributed by atoms with Crippen LogP contribution in [0, 0.1) is 0 Å². The maximum Gasteiger partial charge on any atom is 0.314 e. The van der Waals surface area contributed by atoms with Crippen LogP contribution in [0.1, 0.15) is 24.6 Å². The molecule has 0 aliphatic carbocycles. The second-order valence-electron chi connectivity index (χ2n) is 2.54. The number of rotatable bonds is 5. The van der Waals surface area contributed by atoms with E-state index in [0.717, 1.165) is 13.0 Å². The van der Waals surface area contributed by atoms with Crippen LogP contribution in [0.2, 0.25) is 0 Å². The molecule has 0 spiro atoms. The Morgan fingerprint density at radius 3 is 2.77 bits per heavy atom. The van der Waals surface area contributed by atoms with E-state index in [-0.39, 0.29) is 5.89 Å². The molecule has 13 heavy (non-hydrogen) atoms. The molecule has 1 heterocycles. The van der Waals surface area contributed by atoms with Gasteiger partial charge in [-0.25, -0.2) is 0 Å². The van der Waals surface area contributed by atoms with E-state index in [0.29, 0.717) is 6.42 Å². The Morgan fingerprint density at radius 2 is 2.23 bits per heavy atom. The summed E-state index contributed by atoms with van der Waals surface area (Å²) in [6.45, 7) is 0.798. The second kappa shape index (κ2) is 4.86. The third-order valence-corrected chi connectivity index (χ3v) is 1.49. The van der Waals surface area contributed by atoms with E-state index in [1.54, 1.807) is 0 Å². The molecule has 1 aromatic heterocycles. The first-order valence-electron chi connectivity index (χ1n) is 3.99. The monoisotopic (exact) mass is 191 g/mol. The molecule has 0 aromatic carbocycles. The van der Waals surface area contributed by atoms with E-state index >= 15 is 0 Å². The van der Waals surface area contributed by atoms with Gasteiger partial charge in [-0.2, -0.15) is 8.78 Å². The summed E-state index contributed by atoms with van der Waals surface area (Å²) >= 11 is 0. The Hall–Kier alpha value is -1.04. The van der Waals surface area contributed by atoms with Gasteiger partial charge in [-0.05, 0) is 20.0 Å². The first-order chi connectivity index (χ1) is 6.24. The molecule has 0 bridgehead atoms. The molecule has 0 unspecified atom stereocenters. The average Bonchev–Trinajstić information content (AvgIpc) is 2.53. The maximum atomic E-state index is 12.0. The molecule has 0 saturated heterocycles. The minimum atomic E-state index is -2.68. The summed E-state index contributed by atoms with van der Waals surface area (Å²) in [5, 5.41) is 9.62. The van der Waals surface area contributed by atoms with Gasteiger partial charge in [0.15, 0.2) is 0 Å². The van der Waals surface area contributed by atoms with Gasteiger partial charge in [0, 0.05) is 6.42 Å². The summed E-state index contributed by atoms with van der Waals surface area (Å²) < 4.78 is 28.6. The van der Waals surface area contributed by atoms with Crippen LogP contribution in [-0.2, 0) is 6.42 Å². The summed E-state index contributed by atoms with van der Waals surface area (Å²) in [6.07, 6.45) is -1.35. The lowest BCUT2D eigenvalue weighted by Gasteiger charge is -1.94. The Labute approximate surface area is 74.3 Å². The van der Waals surface area contributed by atoms with Gasteiger partial charge >= 0.3 is 6.43 Å². The zero-order valence-electron chi connectivity index (χ0n) is 7.26. The normalized spacial score (nSPS) is 11.1. The molecular weight excluding hydrogens is 180 g/mol. The van der Waals surface area contributed by atoms with Crippen LogP contribution < -0.4 is 5.32 Å². The number of nitrogens with one attached hydrogen (secondary N) is 1. The highest BCUT2D eigenvalue weighted by Crippen LogP contribution is 2.16. The van der Waals surface area contributed by atoms with Crippen molar-refractivity contribution in [1.29, 1.82) is 0 Å². The van der Waals surface area contributed by atoms with E-state index in [9.17, 15) is 8.78 Å². The third-order valence-electron chi connectivity index (χ3n) is 1.49. The van der Waals surface area contributed by atoms with Crippen LogP contribution in [0.15, 0.2) is 4.42 Å². The second-order valence-corrected chi connectivity index (χ2v) is 2.54. The van der Waals surface area contributed by atoms with Crippen molar-refractivity contribution in [3.05, 3.63) is 11.8 Å². The van der Waals surface area contributed by atoms with Gasteiger partial charge in [0.25, 0.3) is 5.89 Å². The molecule has 74 valence electrons. The van der Waals surface area contributed by atoms with Crippen molar-refractivity contribution in [2.45, 2.75) is 19.3 Å². The topological polar surface area (TPSA) is 51.0 Å². The third kappa shape index (κ3) is 3.06. The van der Waals surface area contributed by atoms with E-state index in [1.165, 1.54) is 0 Å². The molecule has 1 aromatic rings.